The van der Waals surface area contributed by atoms with E-state index in [1.165, 1.54) is 11.8 Å². The minimum atomic E-state index is 0.327. The molecule has 0 aliphatic carbocycles. The Kier molecular flexibility index (Phi) is 2.10. The minimum Gasteiger partial charge on any atom is -0.507 e. The molecule has 0 saturated heterocycles. The van der Waals surface area contributed by atoms with Crippen molar-refractivity contribution < 1.29 is 5.11 Å². The van der Waals surface area contributed by atoms with E-state index in [4.69, 9.17) is 0 Å². The van der Waals surface area contributed by atoms with Gasteiger partial charge in [0.2, 0.25) is 0 Å². The number of fused-ring (bicyclic) bond motifs is 1. The first kappa shape index (κ1) is 8.38. The van der Waals surface area contributed by atoms with Crippen molar-refractivity contribution in [2.45, 2.75) is 4.90 Å². The van der Waals surface area contributed by atoms with Gasteiger partial charge in [-0.2, -0.15) is 0 Å². The van der Waals surface area contributed by atoms with Gasteiger partial charge in [0.25, 0.3) is 0 Å². The van der Waals surface area contributed by atoms with Crippen molar-refractivity contribution >= 4 is 22.7 Å². The van der Waals surface area contributed by atoms with E-state index in [0.29, 0.717) is 5.75 Å². The molecule has 0 aliphatic rings. The molecule has 1 heterocycles. The van der Waals surface area contributed by atoms with Crippen LogP contribution in [0.3, 0.4) is 0 Å². The van der Waals surface area contributed by atoms with E-state index in [0.717, 1.165) is 15.8 Å². The zero-order valence-corrected chi connectivity index (χ0v) is 8.01. The second kappa shape index (κ2) is 3.26. The highest BCUT2D eigenvalue weighted by atomic mass is 32.2. The number of benzene rings is 1. The third-order valence-corrected chi connectivity index (χ3v) is 2.67. The number of aromatic hydroxyl groups is 1. The zero-order chi connectivity index (χ0) is 9.26. The number of aromatic nitrogens is 1. The molecule has 2 nitrogen and oxygen atoms in total. The van der Waals surface area contributed by atoms with Crippen molar-refractivity contribution in [1.29, 1.82) is 0 Å². The highest BCUT2D eigenvalue weighted by Gasteiger charge is 2.02. The summed E-state index contributed by atoms with van der Waals surface area (Å²) in [6.07, 6.45) is 3.69. The molecule has 0 amide bonds. The van der Waals surface area contributed by atoms with Crippen LogP contribution in [0, 0.1) is 0 Å². The first-order valence-electron chi connectivity index (χ1n) is 3.93. The summed E-state index contributed by atoms with van der Waals surface area (Å²) in [6.45, 7) is 0. The van der Waals surface area contributed by atoms with E-state index in [1.807, 2.05) is 24.5 Å². The van der Waals surface area contributed by atoms with Crippen molar-refractivity contribution in [3.63, 3.8) is 0 Å². The molecular weight excluding hydrogens is 182 g/mol. The van der Waals surface area contributed by atoms with Crippen LogP contribution in [0.5, 0.6) is 5.75 Å². The molecule has 13 heavy (non-hydrogen) atoms. The minimum absolute atomic E-state index is 0.327. The summed E-state index contributed by atoms with van der Waals surface area (Å²) in [7, 11) is 0. The van der Waals surface area contributed by atoms with Crippen molar-refractivity contribution in [2.24, 2.45) is 0 Å². The fraction of sp³-hybridized carbons (Fsp3) is 0.100. The van der Waals surface area contributed by atoms with E-state index >= 15 is 0 Å². The molecule has 0 fully saturated rings. The van der Waals surface area contributed by atoms with Gasteiger partial charge < -0.3 is 5.11 Å². The number of hydrogen-bond acceptors (Lipinski definition) is 3. The molecule has 0 saturated carbocycles. The van der Waals surface area contributed by atoms with Crippen LogP contribution in [0.15, 0.2) is 35.4 Å². The van der Waals surface area contributed by atoms with Crippen molar-refractivity contribution in [2.75, 3.05) is 6.26 Å². The summed E-state index contributed by atoms with van der Waals surface area (Å²) >= 11 is 1.52. The largest absolute Gasteiger partial charge is 0.507 e. The third-order valence-electron chi connectivity index (χ3n) is 1.90. The van der Waals surface area contributed by atoms with Gasteiger partial charge in [-0.05, 0) is 24.5 Å². The second-order valence-electron chi connectivity index (χ2n) is 2.72. The van der Waals surface area contributed by atoms with Gasteiger partial charge in [0.15, 0.2) is 0 Å². The number of rotatable bonds is 1. The van der Waals surface area contributed by atoms with Crippen LogP contribution in [-0.2, 0) is 0 Å². The maximum atomic E-state index is 9.56. The van der Waals surface area contributed by atoms with E-state index in [1.54, 1.807) is 12.3 Å². The van der Waals surface area contributed by atoms with Crippen LogP contribution < -0.4 is 0 Å². The van der Waals surface area contributed by atoms with Gasteiger partial charge in [0, 0.05) is 11.6 Å². The number of hydrogen-bond donors (Lipinski definition) is 1. The molecule has 66 valence electrons. The molecule has 1 aromatic carbocycles. The SMILES string of the molecule is CSc1cc2ncccc2cc1O. The Labute approximate surface area is 80.6 Å². The predicted octanol–water partition coefficient (Wildman–Crippen LogP) is 2.66. The smallest absolute Gasteiger partial charge is 0.129 e. The summed E-state index contributed by atoms with van der Waals surface area (Å²) in [5.74, 6) is 0.327. The van der Waals surface area contributed by atoms with Gasteiger partial charge in [-0.3, -0.25) is 4.98 Å². The maximum absolute atomic E-state index is 9.56. The Balaban J connectivity index is 2.74. The molecule has 1 N–H and O–H groups in total. The standard InChI is InChI=1S/C10H9NOS/c1-13-10-6-8-7(5-9(10)12)3-2-4-11-8/h2-6,12H,1H3. The Morgan fingerprint density at radius 1 is 1.38 bits per heavy atom. The van der Waals surface area contributed by atoms with E-state index < -0.39 is 0 Å². The van der Waals surface area contributed by atoms with E-state index in [2.05, 4.69) is 4.98 Å². The van der Waals surface area contributed by atoms with Crippen LogP contribution in [-0.4, -0.2) is 16.3 Å². The van der Waals surface area contributed by atoms with Gasteiger partial charge in [0.1, 0.15) is 5.75 Å². The summed E-state index contributed by atoms with van der Waals surface area (Å²) < 4.78 is 0. The fourth-order valence-electron chi connectivity index (χ4n) is 1.25. The van der Waals surface area contributed by atoms with Crippen LogP contribution >= 0.6 is 11.8 Å². The van der Waals surface area contributed by atoms with Gasteiger partial charge in [-0.15, -0.1) is 11.8 Å². The first-order chi connectivity index (χ1) is 6.31. The third kappa shape index (κ3) is 1.47. The molecule has 0 spiro atoms. The van der Waals surface area contributed by atoms with Crippen molar-refractivity contribution in [3.8, 4) is 5.75 Å². The van der Waals surface area contributed by atoms with Gasteiger partial charge >= 0.3 is 0 Å². The Hall–Kier alpha value is -1.22. The summed E-state index contributed by atoms with van der Waals surface area (Å²) in [5, 5.41) is 10.5. The molecule has 2 rings (SSSR count). The highest BCUT2D eigenvalue weighted by molar-refractivity contribution is 7.98. The maximum Gasteiger partial charge on any atom is 0.129 e. The summed E-state index contributed by atoms with van der Waals surface area (Å²) in [4.78, 5) is 5.07. The lowest BCUT2D eigenvalue weighted by Gasteiger charge is -2.02. The van der Waals surface area contributed by atoms with Crippen molar-refractivity contribution in [1.82, 2.24) is 4.98 Å². The molecule has 0 bridgehead atoms. The van der Waals surface area contributed by atoms with Gasteiger partial charge in [-0.25, -0.2) is 0 Å². The predicted molar refractivity (Wildman–Crippen MR) is 55.2 cm³/mol. The van der Waals surface area contributed by atoms with Gasteiger partial charge in [0.05, 0.1) is 10.4 Å². The van der Waals surface area contributed by atoms with E-state index in [-0.39, 0.29) is 0 Å². The quantitative estimate of drug-likeness (QED) is 0.703. The van der Waals surface area contributed by atoms with Gasteiger partial charge in [-0.1, -0.05) is 6.07 Å². The summed E-state index contributed by atoms with van der Waals surface area (Å²) in [6, 6.07) is 7.44. The molecule has 1 aromatic heterocycles. The number of phenolic OH excluding ortho intramolecular Hbond substituents is 1. The second-order valence-corrected chi connectivity index (χ2v) is 3.57. The lowest BCUT2D eigenvalue weighted by molar-refractivity contribution is 0.463. The average Bonchev–Trinajstić information content (AvgIpc) is 2.17. The Bertz CT molecular complexity index is 442. The molecule has 0 atom stereocenters. The summed E-state index contributed by atoms with van der Waals surface area (Å²) in [5.41, 5.74) is 0.921. The highest BCUT2D eigenvalue weighted by Crippen LogP contribution is 2.30. The lowest BCUT2D eigenvalue weighted by Crippen LogP contribution is -1.79. The molecule has 0 aliphatic heterocycles. The zero-order valence-electron chi connectivity index (χ0n) is 7.19. The van der Waals surface area contributed by atoms with E-state index in [9.17, 15) is 5.11 Å². The van der Waals surface area contributed by atoms with Crippen LogP contribution in [0.25, 0.3) is 10.9 Å². The van der Waals surface area contributed by atoms with Crippen LogP contribution in [0.4, 0.5) is 0 Å². The molecule has 3 heteroatoms. The lowest BCUT2D eigenvalue weighted by atomic mass is 10.2. The number of pyridine rings is 1. The average molecular weight is 191 g/mol. The Morgan fingerprint density at radius 2 is 2.23 bits per heavy atom. The van der Waals surface area contributed by atoms with Crippen LogP contribution in [0.1, 0.15) is 0 Å². The van der Waals surface area contributed by atoms with Crippen LogP contribution in [0.2, 0.25) is 0 Å². The number of nitrogens with zero attached hydrogens (tertiary/aromatic N) is 1. The molecular formula is C10H9NOS. The monoisotopic (exact) mass is 191 g/mol. The molecule has 2 aromatic rings. The first-order valence-corrected chi connectivity index (χ1v) is 5.15. The Morgan fingerprint density at radius 3 is 3.00 bits per heavy atom. The number of thioether (sulfide) groups is 1. The van der Waals surface area contributed by atoms with Crippen molar-refractivity contribution in [3.05, 3.63) is 30.5 Å². The number of phenols is 1. The normalized spacial score (nSPS) is 10.5. The topological polar surface area (TPSA) is 33.1 Å². The molecule has 0 radical (unpaired) electrons. The fourth-order valence-corrected chi connectivity index (χ4v) is 1.75. The molecule has 0 unspecified atom stereocenters.